The van der Waals surface area contributed by atoms with Crippen LogP contribution in [0, 0.1) is 10.1 Å². The van der Waals surface area contributed by atoms with Crippen LogP contribution in [0.1, 0.15) is 30.1 Å². The van der Waals surface area contributed by atoms with Gasteiger partial charge in [-0.25, -0.2) is 0 Å². The first-order valence-electron chi connectivity index (χ1n) is 7.42. The molecule has 0 aromatic heterocycles. The molecule has 8 heteroatoms. The molecule has 0 bridgehead atoms. The van der Waals surface area contributed by atoms with Gasteiger partial charge in [-0.1, -0.05) is 6.92 Å². The Kier molecular flexibility index (Phi) is 7.25. The number of halogens is 1. The number of nitrogens with zero attached hydrogens (tertiary/aromatic N) is 2. The van der Waals surface area contributed by atoms with E-state index in [2.05, 4.69) is 5.32 Å². The fourth-order valence-electron chi connectivity index (χ4n) is 2.72. The van der Waals surface area contributed by atoms with Gasteiger partial charge < -0.3 is 15.0 Å². The van der Waals surface area contributed by atoms with Gasteiger partial charge in [0.05, 0.1) is 12.0 Å². The minimum Gasteiger partial charge on any atom is -0.490 e. The number of hydrogen-bond donors (Lipinski definition) is 1. The second-order valence-corrected chi connectivity index (χ2v) is 5.29. The highest BCUT2D eigenvalue weighted by Crippen LogP contribution is 2.28. The van der Waals surface area contributed by atoms with Crippen molar-refractivity contribution in [2.45, 2.75) is 25.8 Å². The van der Waals surface area contributed by atoms with Crippen molar-refractivity contribution in [1.82, 2.24) is 10.2 Å². The Bertz CT molecular complexity index is 562. The molecule has 0 saturated carbocycles. The second kappa shape index (κ2) is 8.69. The van der Waals surface area contributed by atoms with Crippen molar-refractivity contribution in [2.24, 2.45) is 0 Å². The van der Waals surface area contributed by atoms with E-state index in [0.717, 1.165) is 25.9 Å². The van der Waals surface area contributed by atoms with Gasteiger partial charge in [-0.2, -0.15) is 0 Å². The molecule has 1 heterocycles. The maximum absolute atomic E-state index is 12.7. The Morgan fingerprint density at radius 1 is 1.52 bits per heavy atom. The van der Waals surface area contributed by atoms with Gasteiger partial charge >= 0.3 is 5.69 Å². The summed E-state index contributed by atoms with van der Waals surface area (Å²) >= 11 is 0. The monoisotopic (exact) mass is 343 g/mol. The molecule has 1 atom stereocenters. The van der Waals surface area contributed by atoms with Crippen molar-refractivity contribution < 1.29 is 14.5 Å². The van der Waals surface area contributed by atoms with Gasteiger partial charge in [0.15, 0.2) is 5.75 Å². The summed E-state index contributed by atoms with van der Waals surface area (Å²) in [6, 6.07) is 4.44. The normalized spacial score (nSPS) is 16.5. The van der Waals surface area contributed by atoms with Crippen molar-refractivity contribution >= 4 is 24.0 Å². The van der Waals surface area contributed by atoms with Gasteiger partial charge in [0.25, 0.3) is 5.91 Å². The average molecular weight is 344 g/mol. The molecule has 1 aliphatic rings. The Morgan fingerprint density at radius 2 is 2.26 bits per heavy atom. The third kappa shape index (κ3) is 4.33. The maximum atomic E-state index is 12.7. The van der Waals surface area contributed by atoms with E-state index in [1.807, 2.05) is 11.8 Å². The minimum atomic E-state index is -0.516. The van der Waals surface area contributed by atoms with Crippen molar-refractivity contribution in [1.29, 1.82) is 0 Å². The summed E-state index contributed by atoms with van der Waals surface area (Å²) in [7, 11) is 1.36. The summed E-state index contributed by atoms with van der Waals surface area (Å²) in [5, 5.41) is 14.2. The van der Waals surface area contributed by atoms with Gasteiger partial charge in [-0.15, -0.1) is 12.4 Å². The number of rotatable bonds is 6. The largest absolute Gasteiger partial charge is 0.490 e. The second-order valence-electron chi connectivity index (χ2n) is 5.29. The molecule has 0 spiro atoms. The molecule has 1 amide bonds. The van der Waals surface area contributed by atoms with Crippen LogP contribution in [0.2, 0.25) is 0 Å². The number of nitro groups is 1. The molecular weight excluding hydrogens is 322 g/mol. The zero-order valence-electron chi connectivity index (χ0n) is 13.3. The van der Waals surface area contributed by atoms with Gasteiger partial charge in [0.1, 0.15) is 0 Å². The molecule has 1 aliphatic heterocycles. The van der Waals surface area contributed by atoms with Crippen molar-refractivity contribution in [2.75, 3.05) is 26.7 Å². The molecule has 1 aromatic carbocycles. The number of ether oxygens (including phenoxy) is 1. The third-order valence-corrected chi connectivity index (χ3v) is 3.82. The minimum absolute atomic E-state index is 0. The van der Waals surface area contributed by atoms with Crippen molar-refractivity contribution in [3.05, 3.63) is 33.9 Å². The molecule has 1 unspecified atom stereocenters. The summed E-state index contributed by atoms with van der Waals surface area (Å²) in [5.41, 5.74) is 0.284. The van der Waals surface area contributed by atoms with Crippen LogP contribution in [0.3, 0.4) is 0 Å². The van der Waals surface area contributed by atoms with E-state index in [4.69, 9.17) is 4.74 Å². The molecule has 1 aromatic rings. The molecule has 23 heavy (non-hydrogen) atoms. The number of hydrogen-bond acceptors (Lipinski definition) is 5. The van der Waals surface area contributed by atoms with E-state index in [0.29, 0.717) is 12.1 Å². The van der Waals surface area contributed by atoms with E-state index >= 15 is 0 Å². The Hall–Kier alpha value is -1.86. The summed E-state index contributed by atoms with van der Waals surface area (Å²) in [5.74, 6) is 0.000549. The van der Waals surface area contributed by atoms with E-state index < -0.39 is 4.92 Å². The van der Waals surface area contributed by atoms with Crippen molar-refractivity contribution in [3.63, 3.8) is 0 Å². The lowest BCUT2D eigenvalue weighted by atomic mass is 10.1. The van der Waals surface area contributed by atoms with E-state index in [-0.39, 0.29) is 35.8 Å². The SMILES string of the molecule is CCCN(C(=O)c1ccc([N+](=O)[O-])c(OC)c1)C1CCNC1.Cl. The number of nitro benzene ring substituents is 1. The van der Waals surface area contributed by atoms with Gasteiger partial charge in [0.2, 0.25) is 0 Å². The van der Waals surface area contributed by atoms with Crippen LogP contribution in [0.25, 0.3) is 0 Å². The molecule has 2 rings (SSSR count). The Labute approximate surface area is 141 Å². The molecule has 1 saturated heterocycles. The lowest BCUT2D eigenvalue weighted by Crippen LogP contribution is -2.42. The lowest BCUT2D eigenvalue weighted by molar-refractivity contribution is -0.385. The van der Waals surface area contributed by atoms with E-state index in [1.54, 1.807) is 0 Å². The highest BCUT2D eigenvalue weighted by molar-refractivity contribution is 5.95. The summed E-state index contributed by atoms with van der Waals surface area (Å²) in [4.78, 5) is 25.0. The molecular formula is C15H22ClN3O4. The number of methoxy groups -OCH3 is 1. The van der Waals surface area contributed by atoms with Crippen LogP contribution in [0.15, 0.2) is 18.2 Å². The number of benzene rings is 1. The standard InChI is InChI=1S/C15H21N3O4.ClH/c1-3-8-17(12-6-7-16-10-12)15(19)11-4-5-13(18(20)21)14(9-11)22-2;/h4-5,9,12,16H,3,6-8,10H2,1-2H3;1H. The van der Waals surface area contributed by atoms with Gasteiger partial charge in [-0.05, 0) is 25.5 Å². The third-order valence-electron chi connectivity index (χ3n) is 3.82. The van der Waals surface area contributed by atoms with Crippen LogP contribution in [-0.4, -0.2) is 48.5 Å². The number of nitrogens with one attached hydrogen (secondary N) is 1. The summed E-state index contributed by atoms with van der Waals surface area (Å²) in [6.07, 6.45) is 1.79. The highest BCUT2D eigenvalue weighted by Gasteiger charge is 2.28. The zero-order valence-corrected chi connectivity index (χ0v) is 14.1. The fourth-order valence-corrected chi connectivity index (χ4v) is 2.72. The van der Waals surface area contributed by atoms with E-state index in [1.165, 1.54) is 25.3 Å². The summed E-state index contributed by atoms with van der Waals surface area (Å²) < 4.78 is 5.04. The van der Waals surface area contributed by atoms with Gasteiger partial charge in [0, 0.05) is 36.8 Å². The Balaban J connectivity index is 0.00000264. The smallest absolute Gasteiger partial charge is 0.310 e. The molecule has 0 radical (unpaired) electrons. The fraction of sp³-hybridized carbons (Fsp3) is 0.533. The first-order chi connectivity index (χ1) is 10.6. The van der Waals surface area contributed by atoms with Crippen LogP contribution in [0.4, 0.5) is 5.69 Å². The number of carbonyl (C=O) groups excluding carboxylic acids is 1. The van der Waals surface area contributed by atoms with Crippen LogP contribution in [-0.2, 0) is 0 Å². The van der Waals surface area contributed by atoms with Crippen LogP contribution >= 0.6 is 12.4 Å². The number of amides is 1. The quantitative estimate of drug-likeness (QED) is 0.632. The van der Waals surface area contributed by atoms with Crippen LogP contribution in [0.5, 0.6) is 5.75 Å². The van der Waals surface area contributed by atoms with Crippen molar-refractivity contribution in [3.8, 4) is 5.75 Å². The zero-order chi connectivity index (χ0) is 16.1. The molecule has 7 nitrogen and oxygen atoms in total. The lowest BCUT2D eigenvalue weighted by Gasteiger charge is -2.28. The summed E-state index contributed by atoms with van der Waals surface area (Å²) in [6.45, 7) is 4.39. The Morgan fingerprint density at radius 3 is 2.78 bits per heavy atom. The molecule has 1 N–H and O–H groups in total. The topological polar surface area (TPSA) is 84.7 Å². The predicted octanol–water partition coefficient (Wildman–Crippen LogP) is 2.24. The highest BCUT2D eigenvalue weighted by atomic mass is 35.5. The molecule has 128 valence electrons. The van der Waals surface area contributed by atoms with E-state index in [9.17, 15) is 14.9 Å². The number of carbonyl (C=O) groups is 1. The van der Waals surface area contributed by atoms with Crippen LogP contribution < -0.4 is 10.1 Å². The molecule has 0 aliphatic carbocycles. The first-order valence-corrected chi connectivity index (χ1v) is 7.42. The molecule has 1 fully saturated rings. The predicted molar refractivity (Wildman–Crippen MR) is 89.5 cm³/mol. The average Bonchev–Trinajstić information content (AvgIpc) is 3.05. The van der Waals surface area contributed by atoms with Gasteiger partial charge in [-0.3, -0.25) is 14.9 Å². The first kappa shape index (κ1) is 19.2. The maximum Gasteiger partial charge on any atom is 0.310 e.